The summed E-state index contributed by atoms with van der Waals surface area (Å²) in [5.41, 5.74) is -0.287. The number of benzene rings is 1. The lowest BCUT2D eigenvalue weighted by atomic mass is 9.98. The van der Waals surface area contributed by atoms with Gasteiger partial charge in [0.1, 0.15) is 6.54 Å². The maximum absolute atomic E-state index is 12.7. The largest absolute Gasteiger partial charge is 0.481 e. The Hall–Kier alpha value is -2.70. The van der Waals surface area contributed by atoms with Crippen LogP contribution in [-0.2, 0) is 16.1 Å². The molecular weight excluding hydrogens is 322 g/mol. The number of amides is 1. The maximum atomic E-state index is 12.7. The molecule has 1 N–H and O–H groups in total. The summed E-state index contributed by atoms with van der Waals surface area (Å²) in [7, 11) is 0. The topological polar surface area (TPSA) is 92.5 Å². The molecule has 0 bridgehead atoms. The Labute approximate surface area is 144 Å². The van der Waals surface area contributed by atoms with Crippen LogP contribution in [-0.4, -0.2) is 44.3 Å². The van der Waals surface area contributed by atoms with Gasteiger partial charge in [-0.2, -0.15) is 5.10 Å². The number of aliphatic carboxylic acids is 1. The Bertz CT molecular complexity index is 846. The van der Waals surface area contributed by atoms with Crippen molar-refractivity contribution in [3.8, 4) is 0 Å². The molecule has 0 aliphatic carbocycles. The highest BCUT2D eigenvalue weighted by Gasteiger charge is 2.27. The standard InChI is InChI=1S/C18H21N3O4/c22-16(20-10-4-3-6-14(20)8-9-17(23)24)12-21-18(25)15-7-2-1-5-13(15)11-19-21/h1-2,5,7,11,14H,3-4,6,8-10,12H2,(H,23,24)/t14-/m1/s1. The van der Waals surface area contributed by atoms with E-state index in [4.69, 9.17) is 5.11 Å². The molecule has 1 aromatic carbocycles. The first-order valence-electron chi connectivity index (χ1n) is 8.52. The fraction of sp³-hybridized carbons (Fsp3) is 0.444. The van der Waals surface area contributed by atoms with E-state index < -0.39 is 5.97 Å². The number of fused-ring (bicyclic) bond motifs is 1. The zero-order chi connectivity index (χ0) is 17.8. The Morgan fingerprint density at radius 3 is 2.84 bits per heavy atom. The molecule has 132 valence electrons. The molecule has 2 aromatic rings. The van der Waals surface area contributed by atoms with Crippen molar-refractivity contribution >= 4 is 22.6 Å². The Morgan fingerprint density at radius 1 is 1.24 bits per heavy atom. The summed E-state index contributed by atoms with van der Waals surface area (Å²) in [5.74, 6) is -1.04. The molecule has 1 amide bonds. The van der Waals surface area contributed by atoms with Crippen molar-refractivity contribution in [2.24, 2.45) is 0 Å². The first-order chi connectivity index (χ1) is 12.1. The summed E-state index contributed by atoms with van der Waals surface area (Å²) in [4.78, 5) is 37.7. The van der Waals surface area contributed by atoms with Crippen LogP contribution in [0.5, 0.6) is 0 Å². The van der Waals surface area contributed by atoms with Crippen molar-refractivity contribution < 1.29 is 14.7 Å². The van der Waals surface area contributed by atoms with Crippen LogP contribution in [0.4, 0.5) is 0 Å². The number of hydrogen-bond donors (Lipinski definition) is 1. The molecule has 3 rings (SSSR count). The van der Waals surface area contributed by atoms with E-state index in [0.717, 1.165) is 24.6 Å². The van der Waals surface area contributed by atoms with Crippen LogP contribution in [0.25, 0.3) is 10.8 Å². The molecule has 0 spiro atoms. The van der Waals surface area contributed by atoms with Crippen molar-refractivity contribution in [1.82, 2.24) is 14.7 Å². The molecule has 1 aliphatic heterocycles. The van der Waals surface area contributed by atoms with Crippen LogP contribution in [0, 0.1) is 0 Å². The van der Waals surface area contributed by atoms with Crippen molar-refractivity contribution in [3.63, 3.8) is 0 Å². The molecule has 7 nitrogen and oxygen atoms in total. The Kier molecular flexibility index (Phi) is 5.11. The minimum Gasteiger partial charge on any atom is -0.481 e. The van der Waals surface area contributed by atoms with E-state index in [1.165, 1.54) is 4.68 Å². The zero-order valence-electron chi connectivity index (χ0n) is 13.9. The second-order valence-electron chi connectivity index (χ2n) is 6.36. The summed E-state index contributed by atoms with van der Waals surface area (Å²) in [6.07, 6.45) is 4.77. The third-order valence-electron chi connectivity index (χ3n) is 4.69. The monoisotopic (exact) mass is 343 g/mol. The molecule has 1 aliphatic rings. The minimum absolute atomic E-state index is 0.0443. The molecule has 1 aromatic heterocycles. The SMILES string of the molecule is O=C(O)CC[C@H]1CCCCN1C(=O)Cn1ncc2ccccc2c1=O. The predicted octanol–water partition coefficient (Wildman–Crippen LogP) is 1.64. The van der Waals surface area contributed by atoms with Gasteiger partial charge in [-0.05, 0) is 31.7 Å². The third kappa shape index (κ3) is 3.87. The predicted molar refractivity (Wildman–Crippen MR) is 92.2 cm³/mol. The second-order valence-corrected chi connectivity index (χ2v) is 6.36. The van der Waals surface area contributed by atoms with Gasteiger partial charge in [-0.15, -0.1) is 0 Å². The van der Waals surface area contributed by atoms with Crippen LogP contribution in [0.3, 0.4) is 0 Å². The van der Waals surface area contributed by atoms with Gasteiger partial charge in [0, 0.05) is 24.4 Å². The van der Waals surface area contributed by atoms with E-state index >= 15 is 0 Å². The summed E-state index contributed by atoms with van der Waals surface area (Å²) in [5, 5.41) is 14.3. The molecule has 0 radical (unpaired) electrons. The fourth-order valence-electron chi connectivity index (χ4n) is 3.38. The highest BCUT2D eigenvalue weighted by molar-refractivity contribution is 5.81. The number of nitrogens with zero attached hydrogens (tertiary/aromatic N) is 3. The lowest BCUT2D eigenvalue weighted by molar-refractivity contribution is -0.140. The van der Waals surface area contributed by atoms with Gasteiger partial charge in [-0.1, -0.05) is 18.2 Å². The average molecular weight is 343 g/mol. The number of carboxylic acids is 1. The number of aromatic nitrogens is 2. The molecule has 25 heavy (non-hydrogen) atoms. The number of carbonyl (C=O) groups excluding carboxylic acids is 1. The van der Waals surface area contributed by atoms with Crippen LogP contribution < -0.4 is 5.56 Å². The molecule has 1 saturated heterocycles. The molecule has 1 atom stereocenters. The summed E-state index contributed by atoms with van der Waals surface area (Å²) in [6.45, 7) is 0.485. The van der Waals surface area contributed by atoms with E-state index in [0.29, 0.717) is 18.4 Å². The third-order valence-corrected chi connectivity index (χ3v) is 4.69. The van der Waals surface area contributed by atoms with Gasteiger partial charge in [0.25, 0.3) is 5.56 Å². The maximum Gasteiger partial charge on any atom is 0.303 e. The number of carboxylic acid groups (broad SMARTS) is 1. The number of piperidine rings is 1. The second kappa shape index (κ2) is 7.46. The number of hydrogen-bond acceptors (Lipinski definition) is 4. The molecule has 1 fully saturated rings. The summed E-state index contributed by atoms with van der Waals surface area (Å²) < 4.78 is 1.19. The van der Waals surface area contributed by atoms with Crippen molar-refractivity contribution in [2.45, 2.75) is 44.7 Å². The highest BCUT2D eigenvalue weighted by atomic mass is 16.4. The number of carbonyl (C=O) groups is 2. The quantitative estimate of drug-likeness (QED) is 0.891. The van der Waals surface area contributed by atoms with Crippen LogP contribution in [0.1, 0.15) is 32.1 Å². The highest BCUT2D eigenvalue weighted by Crippen LogP contribution is 2.21. The normalized spacial score (nSPS) is 17.6. The van der Waals surface area contributed by atoms with Crippen LogP contribution >= 0.6 is 0 Å². The van der Waals surface area contributed by atoms with Crippen LogP contribution in [0.2, 0.25) is 0 Å². The van der Waals surface area contributed by atoms with Crippen LogP contribution in [0.15, 0.2) is 35.3 Å². The lowest BCUT2D eigenvalue weighted by Crippen LogP contribution is -2.46. The van der Waals surface area contributed by atoms with Gasteiger partial charge in [-0.25, -0.2) is 4.68 Å². The number of rotatable bonds is 5. The summed E-state index contributed by atoms with van der Waals surface area (Å²) in [6, 6.07) is 7.06. The van der Waals surface area contributed by atoms with E-state index in [1.54, 1.807) is 23.2 Å². The summed E-state index contributed by atoms with van der Waals surface area (Å²) >= 11 is 0. The van der Waals surface area contributed by atoms with Gasteiger partial charge >= 0.3 is 5.97 Å². The van der Waals surface area contributed by atoms with Gasteiger partial charge in [0.2, 0.25) is 5.91 Å². The molecule has 7 heteroatoms. The smallest absolute Gasteiger partial charge is 0.303 e. The minimum atomic E-state index is -0.856. The van der Waals surface area contributed by atoms with Gasteiger partial charge in [0.15, 0.2) is 0 Å². The van der Waals surface area contributed by atoms with E-state index in [1.807, 2.05) is 12.1 Å². The van der Waals surface area contributed by atoms with E-state index in [2.05, 4.69) is 5.10 Å². The van der Waals surface area contributed by atoms with Gasteiger partial charge in [-0.3, -0.25) is 14.4 Å². The van der Waals surface area contributed by atoms with Gasteiger partial charge < -0.3 is 10.0 Å². The zero-order valence-corrected chi connectivity index (χ0v) is 13.9. The van der Waals surface area contributed by atoms with Crippen molar-refractivity contribution in [1.29, 1.82) is 0 Å². The van der Waals surface area contributed by atoms with E-state index in [9.17, 15) is 14.4 Å². The Balaban J connectivity index is 1.77. The lowest BCUT2D eigenvalue weighted by Gasteiger charge is -2.35. The molecule has 0 saturated carbocycles. The first-order valence-corrected chi connectivity index (χ1v) is 8.52. The Morgan fingerprint density at radius 2 is 2.04 bits per heavy atom. The van der Waals surface area contributed by atoms with Gasteiger partial charge in [0.05, 0.1) is 11.6 Å². The van der Waals surface area contributed by atoms with Crippen molar-refractivity contribution in [3.05, 3.63) is 40.8 Å². The fourth-order valence-corrected chi connectivity index (χ4v) is 3.38. The molecule has 2 heterocycles. The van der Waals surface area contributed by atoms with Crippen molar-refractivity contribution in [2.75, 3.05) is 6.54 Å². The average Bonchev–Trinajstić information content (AvgIpc) is 2.62. The molecular formula is C18H21N3O4. The van der Waals surface area contributed by atoms with E-state index in [-0.39, 0.29) is 30.5 Å². The number of likely N-dealkylation sites (tertiary alicyclic amines) is 1. The first kappa shape index (κ1) is 17.1. The molecule has 0 unspecified atom stereocenters.